The number of thiazole rings is 1. The van der Waals surface area contributed by atoms with Gasteiger partial charge in [0.1, 0.15) is 5.82 Å². The molecule has 4 aromatic carbocycles. The van der Waals surface area contributed by atoms with Crippen LogP contribution in [0.4, 0.5) is 4.39 Å². The van der Waals surface area contributed by atoms with Gasteiger partial charge in [-0.15, -0.1) is 0 Å². The first-order valence-corrected chi connectivity index (χ1v) is 14.3. The first-order valence-electron chi connectivity index (χ1n) is 13.5. The molecule has 0 radical (unpaired) electrons. The zero-order chi connectivity index (χ0) is 29.9. The lowest BCUT2D eigenvalue weighted by atomic mass is 10.0. The molecule has 0 N–H and O–H groups in total. The van der Waals surface area contributed by atoms with Gasteiger partial charge in [0, 0.05) is 16.7 Å². The van der Waals surface area contributed by atoms with Crippen LogP contribution in [-0.2, 0) is 0 Å². The molecule has 43 heavy (non-hydrogen) atoms. The molecule has 0 fully saturated rings. The molecule has 6 aromatic rings. The molecule has 0 amide bonds. The number of ether oxygens (including phenoxy) is 3. The smallest absolute Gasteiger partial charge is 0.203 e. The highest BCUT2D eigenvalue weighted by atomic mass is 32.1. The number of aromatic nitrogens is 2. The number of nitrogens with zero attached hydrogens (tertiary/aromatic N) is 2. The van der Waals surface area contributed by atoms with Crippen LogP contribution in [0.5, 0.6) is 17.2 Å². The number of fused-ring (bicyclic) bond motifs is 1. The van der Waals surface area contributed by atoms with Crippen LogP contribution in [-0.4, -0.2) is 36.5 Å². The monoisotopic (exact) mass is 590 g/mol. The van der Waals surface area contributed by atoms with E-state index < -0.39 is 0 Å². The van der Waals surface area contributed by atoms with E-state index in [0.717, 1.165) is 32.2 Å². The molecule has 6 rings (SSSR count). The number of imidazole rings is 1. The van der Waals surface area contributed by atoms with Crippen LogP contribution in [0.25, 0.3) is 44.0 Å². The molecular formula is C35H27FN2O4S. The first kappa shape index (κ1) is 27.9. The lowest BCUT2D eigenvalue weighted by Crippen LogP contribution is -2.01. The maximum absolute atomic E-state index is 13.9. The van der Waals surface area contributed by atoms with Crippen LogP contribution in [0.1, 0.15) is 16.1 Å². The van der Waals surface area contributed by atoms with E-state index in [-0.39, 0.29) is 11.6 Å². The minimum absolute atomic E-state index is 0.265. The van der Waals surface area contributed by atoms with E-state index in [4.69, 9.17) is 19.2 Å². The maximum Gasteiger partial charge on any atom is 0.203 e. The summed E-state index contributed by atoms with van der Waals surface area (Å²) in [6.07, 6.45) is 3.27. The number of ketones is 1. The van der Waals surface area contributed by atoms with Crippen molar-refractivity contribution in [3.63, 3.8) is 0 Å². The summed E-state index contributed by atoms with van der Waals surface area (Å²) in [4.78, 5) is 20.4. The molecule has 8 heteroatoms. The van der Waals surface area contributed by atoms with Gasteiger partial charge in [-0.2, -0.15) is 0 Å². The number of carbonyl (C=O) groups is 1. The van der Waals surface area contributed by atoms with E-state index in [9.17, 15) is 9.18 Å². The van der Waals surface area contributed by atoms with Crippen molar-refractivity contribution in [3.8, 4) is 50.2 Å². The SMILES string of the molecule is COc1cc(C(=O)/C=C/c2c(-c3ccc(F)cc3)nc3sc(-c4ccccc4)c(-c4ccccc4)n23)cc(OC)c1OC. The fourth-order valence-corrected chi connectivity index (χ4v) is 6.19. The van der Waals surface area contributed by atoms with Gasteiger partial charge >= 0.3 is 0 Å². The predicted molar refractivity (Wildman–Crippen MR) is 169 cm³/mol. The van der Waals surface area contributed by atoms with E-state index in [0.29, 0.717) is 34.2 Å². The Morgan fingerprint density at radius 2 is 1.40 bits per heavy atom. The van der Waals surface area contributed by atoms with Crippen molar-refractivity contribution in [1.82, 2.24) is 9.38 Å². The van der Waals surface area contributed by atoms with Crippen molar-refractivity contribution < 1.29 is 23.4 Å². The summed E-state index contributed by atoms with van der Waals surface area (Å²) in [5, 5.41) is 0. The van der Waals surface area contributed by atoms with Crippen LogP contribution in [0.3, 0.4) is 0 Å². The quantitative estimate of drug-likeness (QED) is 0.125. The number of allylic oxidation sites excluding steroid dienone is 1. The van der Waals surface area contributed by atoms with Crippen molar-refractivity contribution >= 4 is 28.2 Å². The largest absolute Gasteiger partial charge is 0.493 e. The highest BCUT2D eigenvalue weighted by molar-refractivity contribution is 7.21. The minimum atomic E-state index is -0.337. The van der Waals surface area contributed by atoms with Gasteiger partial charge in [0.15, 0.2) is 22.2 Å². The normalized spacial score (nSPS) is 11.3. The molecule has 6 nitrogen and oxygen atoms in total. The van der Waals surface area contributed by atoms with Gasteiger partial charge in [-0.25, -0.2) is 9.37 Å². The van der Waals surface area contributed by atoms with E-state index in [1.807, 2.05) is 36.4 Å². The number of hydrogen-bond donors (Lipinski definition) is 0. The number of hydrogen-bond acceptors (Lipinski definition) is 6. The topological polar surface area (TPSA) is 62.1 Å². The number of halogens is 1. The summed E-state index contributed by atoms with van der Waals surface area (Å²) in [7, 11) is 4.52. The van der Waals surface area contributed by atoms with Crippen LogP contribution in [0.2, 0.25) is 0 Å². The molecule has 0 spiro atoms. The Morgan fingerprint density at radius 3 is 1.98 bits per heavy atom. The standard InChI is InChI=1S/C35H27FN2O4S/c1-40-29-20-25(21-30(41-2)33(29)42-3)28(39)19-18-27-31(22-14-16-26(36)17-15-22)37-35-38(27)32(23-10-6-4-7-11-23)34(43-35)24-12-8-5-9-13-24/h4-21H,1-3H3/b19-18+. The van der Waals surface area contributed by atoms with Gasteiger partial charge in [0.2, 0.25) is 5.75 Å². The number of carbonyl (C=O) groups excluding carboxylic acids is 1. The summed E-state index contributed by atoms with van der Waals surface area (Å²) < 4.78 is 32.3. The highest BCUT2D eigenvalue weighted by Gasteiger charge is 2.23. The molecule has 0 aliphatic heterocycles. The van der Waals surface area contributed by atoms with E-state index in [2.05, 4.69) is 28.7 Å². The fourth-order valence-electron chi connectivity index (χ4n) is 5.03. The lowest BCUT2D eigenvalue weighted by Gasteiger charge is -2.13. The van der Waals surface area contributed by atoms with Crippen molar-refractivity contribution in [2.75, 3.05) is 21.3 Å². The minimum Gasteiger partial charge on any atom is -0.493 e. The molecule has 0 unspecified atom stereocenters. The zero-order valence-corrected chi connectivity index (χ0v) is 24.5. The Morgan fingerprint density at radius 1 is 0.791 bits per heavy atom. The van der Waals surface area contributed by atoms with Crippen LogP contribution >= 0.6 is 11.3 Å². The Balaban J connectivity index is 1.57. The van der Waals surface area contributed by atoms with Crippen LogP contribution in [0, 0.1) is 5.82 Å². The van der Waals surface area contributed by atoms with Crippen molar-refractivity contribution in [2.24, 2.45) is 0 Å². The summed E-state index contributed by atoms with van der Waals surface area (Å²) in [5.41, 5.74) is 5.44. The molecular weight excluding hydrogens is 563 g/mol. The predicted octanol–water partition coefficient (Wildman–Crippen LogP) is 8.46. The Bertz CT molecular complexity index is 1920. The lowest BCUT2D eigenvalue weighted by molar-refractivity contribution is 0.104. The third kappa shape index (κ3) is 5.29. The average molecular weight is 591 g/mol. The molecule has 2 heterocycles. The van der Waals surface area contributed by atoms with Gasteiger partial charge in [-0.1, -0.05) is 72.0 Å². The molecule has 0 aliphatic rings. The third-order valence-electron chi connectivity index (χ3n) is 7.06. The second-order valence-corrected chi connectivity index (χ2v) is 10.6. The van der Waals surface area contributed by atoms with Gasteiger partial charge in [-0.05, 0) is 54.1 Å². The van der Waals surface area contributed by atoms with Gasteiger partial charge in [0.25, 0.3) is 0 Å². The van der Waals surface area contributed by atoms with Crippen molar-refractivity contribution in [2.45, 2.75) is 0 Å². The maximum atomic E-state index is 13.9. The zero-order valence-electron chi connectivity index (χ0n) is 23.7. The fraction of sp³-hybridized carbons (Fsp3) is 0.0857. The number of methoxy groups -OCH3 is 3. The Labute approximate surface area is 252 Å². The van der Waals surface area contributed by atoms with E-state index in [1.54, 1.807) is 41.7 Å². The van der Waals surface area contributed by atoms with Crippen molar-refractivity contribution in [1.29, 1.82) is 0 Å². The second-order valence-electron chi connectivity index (χ2n) is 9.59. The molecule has 0 saturated heterocycles. The number of rotatable bonds is 9. The summed E-state index contributed by atoms with van der Waals surface area (Å²) >= 11 is 1.56. The number of benzene rings is 4. The van der Waals surface area contributed by atoms with E-state index in [1.165, 1.54) is 39.5 Å². The van der Waals surface area contributed by atoms with Crippen LogP contribution < -0.4 is 14.2 Å². The summed E-state index contributed by atoms with van der Waals surface area (Å²) in [5.74, 6) is 0.568. The second kappa shape index (κ2) is 12.0. The summed E-state index contributed by atoms with van der Waals surface area (Å²) in [6.45, 7) is 0. The average Bonchev–Trinajstić information content (AvgIpc) is 3.60. The summed E-state index contributed by atoms with van der Waals surface area (Å²) in [6, 6.07) is 29.7. The molecule has 214 valence electrons. The van der Waals surface area contributed by atoms with Crippen molar-refractivity contribution in [3.05, 3.63) is 120 Å². The highest BCUT2D eigenvalue weighted by Crippen LogP contribution is 2.43. The van der Waals surface area contributed by atoms with Crippen LogP contribution in [0.15, 0.2) is 103 Å². The third-order valence-corrected chi connectivity index (χ3v) is 8.15. The van der Waals surface area contributed by atoms with Gasteiger partial charge < -0.3 is 14.2 Å². The molecule has 0 bridgehead atoms. The Kier molecular flexibility index (Phi) is 7.77. The molecule has 0 aliphatic carbocycles. The first-order chi connectivity index (χ1) is 21.0. The molecule has 0 atom stereocenters. The molecule has 0 saturated carbocycles. The van der Waals surface area contributed by atoms with Gasteiger partial charge in [-0.3, -0.25) is 9.20 Å². The molecule has 2 aromatic heterocycles. The van der Waals surface area contributed by atoms with Gasteiger partial charge in [0.05, 0.1) is 43.3 Å². The Hall–Kier alpha value is -5.21. The van der Waals surface area contributed by atoms with E-state index >= 15 is 0 Å².